The summed E-state index contributed by atoms with van der Waals surface area (Å²) in [5.74, 6) is 2.13. The Balaban J connectivity index is 2.15. The normalized spacial score (nSPS) is 16.9. The minimum Gasteiger partial charge on any atom is -0.454 e. The van der Waals surface area contributed by atoms with Gasteiger partial charge in [-0.3, -0.25) is 0 Å². The first kappa shape index (κ1) is 13.7. The van der Waals surface area contributed by atoms with E-state index in [1.807, 2.05) is 18.2 Å². The zero-order chi connectivity index (χ0) is 13.1. The van der Waals surface area contributed by atoms with E-state index in [0.29, 0.717) is 12.7 Å². The van der Waals surface area contributed by atoms with Gasteiger partial charge in [0.15, 0.2) is 11.5 Å². The van der Waals surface area contributed by atoms with E-state index < -0.39 is 0 Å². The quantitative estimate of drug-likeness (QED) is 0.771. The van der Waals surface area contributed by atoms with Gasteiger partial charge in [0, 0.05) is 11.4 Å². The van der Waals surface area contributed by atoms with Crippen LogP contribution in [0.25, 0.3) is 0 Å². The molecule has 1 aliphatic heterocycles. The van der Waals surface area contributed by atoms with Crippen molar-refractivity contribution in [3.8, 4) is 11.5 Å². The van der Waals surface area contributed by atoms with Crippen LogP contribution in [0.4, 0.5) is 0 Å². The van der Waals surface area contributed by atoms with E-state index in [2.05, 4.69) is 36.7 Å². The standard InChI is InChI=1S/C14H19BrO3/c1-9(2)7-16-14(10(3)15)11-4-5-12-13(6-11)18-8-17-12/h4-6,9-10,14H,7-8H2,1-3H3/t10-,14-/m1/s1. The van der Waals surface area contributed by atoms with Crippen molar-refractivity contribution in [3.05, 3.63) is 23.8 Å². The summed E-state index contributed by atoms with van der Waals surface area (Å²) in [5, 5.41) is 0. The molecule has 0 radical (unpaired) electrons. The summed E-state index contributed by atoms with van der Waals surface area (Å²) in [4.78, 5) is 0.247. The third-order valence-electron chi connectivity index (χ3n) is 2.75. The molecule has 0 bridgehead atoms. The summed E-state index contributed by atoms with van der Waals surface area (Å²) in [6.07, 6.45) is 0.0295. The van der Waals surface area contributed by atoms with E-state index in [4.69, 9.17) is 14.2 Å². The Labute approximate surface area is 117 Å². The van der Waals surface area contributed by atoms with Crippen molar-refractivity contribution in [1.82, 2.24) is 0 Å². The Morgan fingerprint density at radius 1 is 1.22 bits per heavy atom. The van der Waals surface area contributed by atoms with Gasteiger partial charge in [0.2, 0.25) is 6.79 Å². The third kappa shape index (κ3) is 3.18. The average Bonchev–Trinajstić information content (AvgIpc) is 2.75. The van der Waals surface area contributed by atoms with E-state index in [1.165, 1.54) is 0 Å². The van der Waals surface area contributed by atoms with Crippen LogP contribution in [-0.4, -0.2) is 18.2 Å². The summed E-state index contributed by atoms with van der Waals surface area (Å²) in [6, 6.07) is 5.99. The molecule has 18 heavy (non-hydrogen) atoms. The van der Waals surface area contributed by atoms with Crippen LogP contribution in [0.1, 0.15) is 32.4 Å². The number of benzene rings is 1. The van der Waals surface area contributed by atoms with Crippen molar-refractivity contribution < 1.29 is 14.2 Å². The summed E-state index contributed by atoms with van der Waals surface area (Å²) < 4.78 is 16.7. The molecule has 1 aromatic rings. The van der Waals surface area contributed by atoms with Crippen LogP contribution in [0, 0.1) is 5.92 Å². The number of hydrogen-bond acceptors (Lipinski definition) is 3. The van der Waals surface area contributed by atoms with Gasteiger partial charge in [-0.1, -0.05) is 35.8 Å². The minimum atomic E-state index is 0.0295. The Morgan fingerprint density at radius 2 is 1.94 bits per heavy atom. The van der Waals surface area contributed by atoms with Gasteiger partial charge in [-0.2, -0.15) is 0 Å². The monoisotopic (exact) mass is 314 g/mol. The highest BCUT2D eigenvalue weighted by Gasteiger charge is 2.22. The number of alkyl halides is 1. The van der Waals surface area contributed by atoms with Gasteiger partial charge in [-0.25, -0.2) is 0 Å². The summed E-state index contributed by atoms with van der Waals surface area (Å²) in [5.41, 5.74) is 1.12. The molecule has 2 rings (SSSR count). The fourth-order valence-electron chi connectivity index (χ4n) is 1.88. The molecule has 0 amide bonds. The topological polar surface area (TPSA) is 27.7 Å². The second kappa shape index (κ2) is 5.93. The first-order valence-electron chi connectivity index (χ1n) is 6.23. The number of hydrogen-bond donors (Lipinski definition) is 0. The van der Waals surface area contributed by atoms with Gasteiger partial charge in [-0.05, 0) is 30.5 Å². The Hall–Kier alpha value is -0.740. The van der Waals surface area contributed by atoms with Gasteiger partial charge in [0.05, 0.1) is 6.10 Å². The molecule has 1 aromatic carbocycles. The first-order chi connectivity index (χ1) is 8.58. The maximum Gasteiger partial charge on any atom is 0.231 e. The molecule has 4 heteroatoms. The largest absolute Gasteiger partial charge is 0.454 e. The fourth-order valence-corrected chi connectivity index (χ4v) is 2.34. The van der Waals surface area contributed by atoms with Crippen molar-refractivity contribution in [2.45, 2.75) is 31.7 Å². The van der Waals surface area contributed by atoms with Crippen LogP contribution in [0.5, 0.6) is 11.5 Å². The molecule has 0 saturated carbocycles. The number of halogens is 1. The van der Waals surface area contributed by atoms with Crippen LogP contribution >= 0.6 is 15.9 Å². The van der Waals surface area contributed by atoms with Crippen molar-refractivity contribution in [1.29, 1.82) is 0 Å². The molecule has 100 valence electrons. The van der Waals surface area contributed by atoms with Gasteiger partial charge in [-0.15, -0.1) is 0 Å². The molecule has 0 spiro atoms. The summed E-state index contributed by atoms with van der Waals surface area (Å²) in [7, 11) is 0. The van der Waals surface area contributed by atoms with Crippen molar-refractivity contribution >= 4 is 15.9 Å². The molecule has 0 aliphatic carbocycles. The smallest absolute Gasteiger partial charge is 0.231 e. The SMILES string of the molecule is CC(C)CO[C@@H](c1ccc2c(c1)OCO2)[C@@H](C)Br. The lowest BCUT2D eigenvalue weighted by Gasteiger charge is -2.22. The number of fused-ring (bicyclic) bond motifs is 1. The van der Waals surface area contributed by atoms with E-state index >= 15 is 0 Å². The summed E-state index contributed by atoms with van der Waals surface area (Å²) in [6.45, 7) is 7.44. The molecular weight excluding hydrogens is 296 g/mol. The van der Waals surface area contributed by atoms with Crippen LogP contribution < -0.4 is 9.47 Å². The molecular formula is C14H19BrO3. The summed E-state index contributed by atoms with van der Waals surface area (Å²) >= 11 is 3.61. The van der Waals surface area contributed by atoms with E-state index in [0.717, 1.165) is 23.7 Å². The zero-order valence-electron chi connectivity index (χ0n) is 11.0. The average molecular weight is 315 g/mol. The second-order valence-corrected chi connectivity index (χ2v) is 6.38. The Bertz CT molecular complexity index is 404. The third-order valence-corrected chi connectivity index (χ3v) is 3.23. The van der Waals surface area contributed by atoms with Crippen LogP contribution in [0.2, 0.25) is 0 Å². The van der Waals surface area contributed by atoms with Crippen LogP contribution in [-0.2, 0) is 4.74 Å². The molecule has 1 aliphatic rings. The molecule has 0 saturated heterocycles. The van der Waals surface area contributed by atoms with E-state index in [9.17, 15) is 0 Å². The molecule has 0 fully saturated rings. The maximum absolute atomic E-state index is 5.97. The Morgan fingerprint density at radius 3 is 2.61 bits per heavy atom. The van der Waals surface area contributed by atoms with Gasteiger partial charge >= 0.3 is 0 Å². The van der Waals surface area contributed by atoms with Crippen molar-refractivity contribution in [3.63, 3.8) is 0 Å². The molecule has 1 heterocycles. The highest BCUT2D eigenvalue weighted by molar-refractivity contribution is 9.09. The predicted molar refractivity (Wildman–Crippen MR) is 74.5 cm³/mol. The first-order valence-corrected chi connectivity index (χ1v) is 7.14. The highest BCUT2D eigenvalue weighted by atomic mass is 79.9. The predicted octanol–water partition coefficient (Wildman–Crippen LogP) is 3.91. The fraction of sp³-hybridized carbons (Fsp3) is 0.571. The molecule has 0 aromatic heterocycles. The minimum absolute atomic E-state index is 0.0295. The highest BCUT2D eigenvalue weighted by Crippen LogP contribution is 2.36. The molecule has 2 atom stereocenters. The number of ether oxygens (including phenoxy) is 3. The number of rotatable bonds is 5. The van der Waals surface area contributed by atoms with E-state index in [1.54, 1.807) is 0 Å². The van der Waals surface area contributed by atoms with Gasteiger partial charge < -0.3 is 14.2 Å². The van der Waals surface area contributed by atoms with Crippen LogP contribution in [0.3, 0.4) is 0 Å². The lowest BCUT2D eigenvalue weighted by atomic mass is 10.1. The molecule has 0 N–H and O–H groups in total. The van der Waals surface area contributed by atoms with E-state index in [-0.39, 0.29) is 10.9 Å². The van der Waals surface area contributed by atoms with Gasteiger partial charge in [0.1, 0.15) is 0 Å². The molecule has 3 nitrogen and oxygen atoms in total. The maximum atomic E-state index is 5.97. The van der Waals surface area contributed by atoms with Crippen LogP contribution in [0.15, 0.2) is 18.2 Å². The lowest BCUT2D eigenvalue weighted by Crippen LogP contribution is -2.16. The van der Waals surface area contributed by atoms with Crippen molar-refractivity contribution in [2.24, 2.45) is 5.92 Å². The lowest BCUT2D eigenvalue weighted by molar-refractivity contribution is 0.0372. The molecule has 0 unspecified atom stereocenters. The second-order valence-electron chi connectivity index (χ2n) is 4.94. The zero-order valence-corrected chi connectivity index (χ0v) is 12.6. The Kier molecular flexibility index (Phi) is 4.51. The van der Waals surface area contributed by atoms with Crippen molar-refractivity contribution in [2.75, 3.05) is 13.4 Å². The van der Waals surface area contributed by atoms with Gasteiger partial charge in [0.25, 0.3) is 0 Å².